The van der Waals surface area contributed by atoms with Crippen LogP contribution in [0.15, 0.2) is 113 Å². The number of ether oxygens (including phenoxy) is 1. The number of hydrogen-bond donors (Lipinski definition) is 1. The number of aryl methyl sites for hydroxylation is 1. The summed E-state index contributed by atoms with van der Waals surface area (Å²) in [5, 5.41) is 6.35. The highest BCUT2D eigenvalue weighted by Crippen LogP contribution is 2.34. The fraction of sp³-hybridized carbons (Fsp3) is 0.0588. The van der Waals surface area contributed by atoms with Crippen LogP contribution in [0.4, 0.5) is 0 Å². The van der Waals surface area contributed by atoms with Crippen LogP contribution in [0.3, 0.4) is 0 Å². The summed E-state index contributed by atoms with van der Waals surface area (Å²) >= 11 is 9.87. The maximum atomic E-state index is 12.3. The average Bonchev–Trinajstić information content (AvgIpc) is 3.00. The first-order valence-electron chi connectivity index (χ1n) is 13.2. The number of carbonyl (C=O) groups excluding carboxylic acids is 1. The number of fused-ring (bicyclic) bond motifs is 2. The van der Waals surface area contributed by atoms with Crippen LogP contribution in [0.5, 0.6) is 5.75 Å². The maximum Gasteiger partial charge on any atom is 0.277 e. The number of hydrazone groups is 1. The smallest absolute Gasteiger partial charge is 0.277 e. The fourth-order valence-electron chi connectivity index (χ4n) is 4.66. The Bertz CT molecular complexity index is 1960. The van der Waals surface area contributed by atoms with E-state index in [-0.39, 0.29) is 6.61 Å². The Labute approximate surface area is 256 Å². The third kappa shape index (κ3) is 6.17. The van der Waals surface area contributed by atoms with Gasteiger partial charge in [-0.3, -0.25) is 4.79 Å². The Morgan fingerprint density at radius 2 is 1.69 bits per heavy atom. The molecule has 8 heteroatoms. The first-order valence-corrected chi connectivity index (χ1v) is 14.4. The van der Waals surface area contributed by atoms with Crippen molar-refractivity contribution in [2.75, 3.05) is 6.61 Å². The minimum Gasteiger partial charge on any atom is -0.484 e. The molecule has 1 amide bonds. The minimum atomic E-state index is -0.397. The zero-order valence-electron chi connectivity index (χ0n) is 22.5. The van der Waals surface area contributed by atoms with Crippen molar-refractivity contribution >= 4 is 61.5 Å². The van der Waals surface area contributed by atoms with Gasteiger partial charge in [0.2, 0.25) is 0 Å². The molecule has 0 saturated carbocycles. The van der Waals surface area contributed by atoms with Crippen LogP contribution < -0.4 is 10.2 Å². The molecule has 6 rings (SSSR count). The number of hydrogen-bond acceptors (Lipinski definition) is 5. The van der Waals surface area contributed by atoms with Gasteiger partial charge in [-0.2, -0.15) is 5.10 Å². The van der Waals surface area contributed by atoms with Crippen LogP contribution in [0, 0.1) is 6.92 Å². The summed E-state index contributed by atoms with van der Waals surface area (Å²) in [6, 6.07) is 33.8. The molecular formula is C34H24BrClN4O2. The number of carbonyl (C=O) groups is 1. The molecule has 1 N–H and O–H groups in total. The predicted octanol–water partition coefficient (Wildman–Crippen LogP) is 8.37. The lowest BCUT2D eigenvalue weighted by Crippen LogP contribution is -2.24. The Balaban J connectivity index is 1.13. The van der Waals surface area contributed by atoms with E-state index in [1.165, 1.54) is 6.21 Å². The van der Waals surface area contributed by atoms with E-state index >= 15 is 0 Å². The third-order valence-electron chi connectivity index (χ3n) is 6.72. The van der Waals surface area contributed by atoms with Gasteiger partial charge in [-0.1, -0.05) is 69.5 Å². The number of halogens is 2. The van der Waals surface area contributed by atoms with Crippen molar-refractivity contribution in [2.24, 2.45) is 5.10 Å². The molecule has 2 aromatic heterocycles. The minimum absolute atomic E-state index is 0.194. The van der Waals surface area contributed by atoms with Crippen molar-refractivity contribution in [3.63, 3.8) is 0 Å². The summed E-state index contributed by atoms with van der Waals surface area (Å²) in [5.41, 5.74) is 9.91. The molecule has 0 aliphatic rings. The van der Waals surface area contributed by atoms with E-state index in [1.54, 1.807) is 0 Å². The summed E-state index contributed by atoms with van der Waals surface area (Å²) in [6.07, 6.45) is 1.47. The quantitative estimate of drug-likeness (QED) is 0.109. The van der Waals surface area contributed by atoms with Gasteiger partial charge in [-0.05, 0) is 84.8 Å². The summed E-state index contributed by atoms with van der Waals surface area (Å²) in [4.78, 5) is 21.6. The largest absolute Gasteiger partial charge is 0.484 e. The van der Waals surface area contributed by atoms with Gasteiger partial charge in [-0.15, -0.1) is 0 Å². The van der Waals surface area contributed by atoms with E-state index in [2.05, 4.69) is 55.7 Å². The van der Waals surface area contributed by atoms with Gasteiger partial charge < -0.3 is 4.74 Å². The second-order valence-corrected chi connectivity index (χ2v) is 11.0. The summed E-state index contributed by atoms with van der Waals surface area (Å²) in [5.74, 6) is 0.161. The first kappa shape index (κ1) is 27.6. The molecular weight excluding hydrogens is 612 g/mol. The van der Waals surface area contributed by atoms with Gasteiger partial charge in [0.05, 0.1) is 22.9 Å². The predicted molar refractivity (Wildman–Crippen MR) is 173 cm³/mol. The topological polar surface area (TPSA) is 76.5 Å². The lowest BCUT2D eigenvalue weighted by Gasteiger charge is -2.11. The van der Waals surface area contributed by atoms with Crippen LogP contribution in [0.2, 0.25) is 5.15 Å². The highest BCUT2D eigenvalue weighted by atomic mass is 79.9. The highest BCUT2D eigenvalue weighted by molar-refractivity contribution is 9.10. The number of amides is 1. The zero-order valence-corrected chi connectivity index (χ0v) is 24.9. The lowest BCUT2D eigenvalue weighted by atomic mass is 9.98. The molecule has 0 aliphatic carbocycles. The number of benzene rings is 4. The van der Waals surface area contributed by atoms with Crippen molar-refractivity contribution in [3.05, 3.63) is 124 Å². The Hall–Kier alpha value is -4.59. The molecule has 0 atom stereocenters. The second-order valence-electron chi connectivity index (χ2n) is 9.75. The van der Waals surface area contributed by atoms with Crippen molar-refractivity contribution in [2.45, 2.75) is 6.92 Å². The molecule has 0 fully saturated rings. The SMILES string of the molecule is Cc1ccc2nc(Cl)c(/C=N\NC(=O)COc3ccc(-c4cc(-c5ccccc5)c5cc(Br)ccc5n4)cc3)cc2c1. The fourth-order valence-corrected chi connectivity index (χ4v) is 5.21. The van der Waals surface area contributed by atoms with E-state index in [9.17, 15) is 4.79 Å². The standard InChI is InChI=1S/C34H24BrClN4O2/c1-21-7-13-30-24(15-21)16-25(34(36)39-30)19-37-40-33(41)20-42-27-11-8-23(9-12-27)32-18-28(22-5-3-2-4-6-22)29-17-26(35)10-14-31(29)38-32/h2-19H,20H2,1H3,(H,40,41)/b37-19-. The Morgan fingerprint density at radius 3 is 2.50 bits per heavy atom. The number of nitrogens with one attached hydrogen (secondary N) is 1. The van der Waals surface area contributed by atoms with Crippen LogP contribution in [0.1, 0.15) is 11.1 Å². The maximum absolute atomic E-state index is 12.3. The van der Waals surface area contributed by atoms with Crippen molar-refractivity contribution in [3.8, 4) is 28.1 Å². The molecule has 0 radical (unpaired) electrons. The van der Waals surface area contributed by atoms with Gasteiger partial charge in [0.15, 0.2) is 6.61 Å². The molecule has 6 aromatic rings. The Kier molecular flexibility index (Phi) is 7.95. The lowest BCUT2D eigenvalue weighted by molar-refractivity contribution is -0.123. The van der Waals surface area contributed by atoms with E-state index in [1.807, 2.05) is 85.8 Å². The van der Waals surface area contributed by atoms with Crippen molar-refractivity contribution in [1.82, 2.24) is 15.4 Å². The van der Waals surface area contributed by atoms with E-state index < -0.39 is 5.91 Å². The molecule has 0 bridgehead atoms. The monoisotopic (exact) mass is 634 g/mol. The molecule has 206 valence electrons. The molecule has 0 aliphatic heterocycles. The molecule has 2 heterocycles. The number of rotatable bonds is 7. The van der Waals surface area contributed by atoms with E-state index in [4.69, 9.17) is 21.3 Å². The zero-order chi connectivity index (χ0) is 29.1. The Morgan fingerprint density at radius 1 is 0.905 bits per heavy atom. The molecule has 6 nitrogen and oxygen atoms in total. The van der Waals surface area contributed by atoms with Crippen LogP contribution in [-0.2, 0) is 4.79 Å². The van der Waals surface area contributed by atoms with Gasteiger partial charge in [0, 0.05) is 26.4 Å². The normalized spacial score (nSPS) is 11.3. The number of nitrogens with zero attached hydrogens (tertiary/aromatic N) is 3. The number of aromatic nitrogens is 2. The molecule has 0 saturated heterocycles. The van der Waals surface area contributed by atoms with Gasteiger partial charge >= 0.3 is 0 Å². The summed E-state index contributed by atoms with van der Waals surface area (Å²) in [7, 11) is 0. The van der Waals surface area contributed by atoms with Crippen molar-refractivity contribution < 1.29 is 9.53 Å². The van der Waals surface area contributed by atoms with Crippen LogP contribution in [-0.4, -0.2) is 28.7 Å². The van der Waals surface area contributed by atoms with E-state index in [0.717, 1.165) is 54.2 Å². The molecule has 0 spiro atoms. The van der Waals surface area contributed by atoms with Gasteiger partial charge in [0.1, 0.15) is 10.9 Å². The number of pyridine rings is 2. The van der Waals surface area contributed by atoms with Crippen LogP contribution in [0.25, 0.3) is 44.2 Å². The van der Waals surface area contributed by atoms with E-state index in [0.29, 0.717) is 16.5 Å². The summed E-state index contributed by atoms with van der Waals surface area (Å²) < 4.78 is 6.68. The average molecular weight is 636 g/mol. The van der Waals surface area contributed by atoms with Gasteiger partial charge in [-0.25, -0.2) is 15.4 Å². The first-order chi connectivity index (χ1) is 20.4. The van der Waals surface area contributed by atoms with Gasteiger partial charge in [0.25, 0.3) is 5.91 Å². The second kappa shape index (κ2) is 12.1. The highest BCUT2D eigenvalue weighted by Gasteiger charge is 2.11. The third-order valence-corrected chi connectivity index (χ3v) is 7.52. The molecule has 42 heavy (non-hydrogen) atoms. The van der Waals surface area contributed by atoms with Crippen molar-refractivity contribution in [1.29, 1.82) is 0 Å². The molecule has 0 unspecified atom stereocenters. The molecule has 4 aromatic carbocycles. The summed E-state index contributed by atoms with van der Waals surface area (Å²) in [6.45, 7) is 1.82. The van der Waals surface area contributed by atoms with Crippen LogP contribution >= 0.6 is 27.5 Å².